The second-order valence-electron chi connectivity index (χ2n) is 8.86. The van der Waals surface area contributed by atoms with Crippen LogP contribution in [0.15, 0.2) is 29.2 Å². The maximum Gasteiger partial charge on any atom is 0.255 e. The van der Waals surface area contributed by atoms with Gasteiger partial charge in [0.05, 0.1) is 11.1 Å². The highest BCUT2D eigenvalue weighted by Crippen LogP contribution is 2.58. The second-order valence-corrected chi connectivity index (χ2v) is 9.27. The fraction of sp³-hybridized carbons (Fsp3) is 0.591. The largest absolute Gasteiger partial charge is 0.489 e. The summed E-state index contributed by atoms with van der Waals surface area (Å²) in [6.07, 6.45) is 11.6. The molecule has 3 fully saturated rings. The van der Waals surface area contributed by atoms with Gasteiger partial charge in [0.15, 0.2) is 0 Å². The number of benzene rings is 1. The molecule has 1 aromatic heterocycles. The van der Waals surface area contributed by atoms with E-state index in [4.69, 9.17) is 22.1 Å². The lowest BCUT2D eigenvalue weighted by molar-refractivity contribution is 0.0388. The maximum absolute atomic E-state index is 11.9. The normalized spacial score (nSPS) is 29.6. The molecule has 0 bridgehead atoms. The molecular formula is C22H27ClN2O2. The summed E-state index contributed by atoms with van der Waals surface area (Å²) in [6.45, 7) is 0. The molecule has 3 aliphatic carbocycles. The Balaban J connectivity index is 1.32. The number of aromatic amines is 1. The van der Waals surface area contributed by atoms with Crippen molar-refractivity contribution in [1.82, 2.24) is 4.98 Å². The minimum Gasteiger partial charge on any atom is -0.489 e. The van der Waals surface area contributed by atoms with Crippen LogP contribution in [-0.2, 0) is 0 Å². The highest BCUT2D eigenvalue weighted by Gasteiger charge is 2.54. The summed E-state index contributed by atoms with van der Waals surface area (Å²) < 4.78 is 6.30. The van der Waals surface area contributed by atoms with Crippen molar-refractivity contribution in [3.8, 4) is 5.75 Å². The third kappa shape index (κ3) is 3.17. The Morgan fingerprint density at radius 3 is 2.56 bits per heavy atom. The molecular weight excluding hydrogens is 360 g/mol. The maximum atomic E-state index is 11.9. The highest BCUT2D eigenvalue weighted by molar-refractivity contribution is 6.32. The number of hydrogen-bond donors (Lipinski definition) is 2. The van der Waals surface area contributed by atoms with E-state index < -0.39 is 0 Å². The van der Waals surface area contributed by atoms with Gasteiger partial charge in [-0.05, 0) is 92.2 Å². The molecule has 4 nitrogen and oxygen atoms in total. The number of nitrogens with two attached hydrogens (primary N) is 1. The molecule has 1 atom stereocenters. The third-order valence-corrected chi connectivity index (χ3v) is 7.46. The predicted octanol–water partition coefficient (Wildman–Crippen LogP) is 4.64. The van der Waals surface area contributed by atoms with Crippen LogP contribution in [0.1, 0.15) is 51.4 Å². The molecule has 5 rings (SSSR count). The van der Waals surface area contributed by atoms with Crippen LogP contribution in [0.25, 0.3) is 10.8 Å². The summed E-state index contributed by atoms with van der Waals surface area (Å²) in [4.78, 5) is 14.6. The van der Waals surface area contributed by atoms with Crippen LogP contribution >= 0.6 is 11.6 Å². The van der Waals surface area contributed by atoms with Gasteiger partial charge in [-0.2, -0.15) is 0 Å². The summed E-state index contributed by atoms with van der Waals surface area (Å²) in [5, 5.41) is 1.96. The van der Waals surface area contributed by atoms with E-state index in [1.807, 2.05) is 12.1 Å². The number of halogens is 1. The van der Waals surface area contributed by atoms with E-state index >= 15 is 0 Å². The van der Waals surface area contributed by atoms with Crippen molar-refractivity contribution in [2.24, 2.45) is 23.0 Å². The zero-order valence-electron chi connectivity index (χ0n) is 15.5. The van der Waals surface area contributed by atoms with Crippen molar-refractivity contribution >= 4 is 22.4 Å². The van der Waals surface area contributed by atoms with Gasteiger partial charge in [-0.15, -0.1) is 0 Å². The molecule has 0 unspecified atom stereocenters. The lowest BCUT2D eigenvalue weighted by Crippen LogP contribution is -2.48. The average molecular weight is 387 g/mol. The number of ether oxygens (including phenoxy) is 1. The number of pyridine rings is 1. The molecule has 0 spiro atoms. The first-order valence-corrected chi connectivity index (χ1v) is 10.7. The number of fused-ring (bicyclic) bond motifs is 1. The van der Waals surface area contributed by atoms with E-state index in [0.717, 1.165) is 30.1 Å². The summed E-state index contributed by atoms with van der Waals surface area (Å²) in [5.41, 5.74) is 6.96. The lowest BCUT2D eigenvalue weighted by atomic mass is 9.64. The molecule has 1 aromatic carbocycles. The van der Waals surface area contributed by atoms with Crippen molar-refractivity contribution in [3.05, 3.63) is 39.8 Å². The van der Waals surface area contributed by atoms with E-state index in [1.54, 1.807) is 12.3 Å². The zero-order valence-corrected chi connectivity index (χ0v) is 16.3. The number of aromatic nitrogens is 1. The van der Waals surface area contributed by atoms with Gasteiger partial charge in [-0.3, -0.25) is 4.79 Å². The standard InChI is InChI=1S/C22H27ClN2O2/c23-18-12-17-14(7-10-25-21(17)26)11-19(18)27-16-5-8-22(9-6-16,15-3-4-15)20(24)13-1-2-13/h7,10-13,15-16,20H,1-6,8-9,24H2,(H,25,26)/t16?,20-,22?/m0/s1. The van der Waals surface area contributed by atoms with Gasteiger partial charge < -0.3 is 15.5 Å². The van der Waals surface area contributed by atoms with Crippen LogP contribution in [0.4, 0.5) is 0 Å². The van der Waals surface area contributed by atoms with E-state index in [9.17, 15) is 4.79 Å². The first kappa shape index (κ1) is 17.6. The Labute approximate surface area is 164 Å². The Hall–Kier alpha value is -1.52. The van der Waals surface area contributed by atoms with E-state index in [0.29, 0.717) is 27.6 Å². The van der Waals surface area contributed by atoms with Gasteiger partial charge in [-0.25, -0.2) is 0 Å². The molecule has 1 heterocycles. The monoisotopic (exact) mass is 386 g/mol. The number of rotatable bonds is 5. The molecule has 0 saturated heterocycles. The predicted molar refractivity (Wildman–Crippen MR) is 108 cm³/mol. The smallest absolute Gasteiger partial charge is 0.255 e. The lowest BCUT2D eigenvalue weighted by Gasteiger charge is -2.45. The molecule has 3 N–H and O–H groups in total. The average Bonchev–Trinajstić information content (AvgIpc) is 3.56. The first-order chi connectivity index (χ1) is 13.1. The molecule has 0 radical (unpaired) electrons. The Bertz CT molecular complexity index is 908. The minimum absolute atomic E-state index is 0.123. The van der Waals surface area contributed by atoms with Crippen molar-refractivity contribution in [2.45, 2.75) is 63.5 Å². The van der Waals surface area contributed by atoms with E-state index in [2.05, 4.69) is 4.98 Å². The third-order valence-electron chi connectivity index (χ3n) is 7.17. The van der Waals surface area contributed by atoms with Crippen molar-refractivity contribution in [2.75, 3.05) is 0 Å². The molecule has 3 aliphatic rings. The SMILES string of the molecule is N[C@@H](C1CC1)C1(C2CC2)CCC(Oc2cc3cc[nH]c(=O)c3cc2Cl)CC1. The van der Waals surface area contributed by atoms with E-state index in [1.165, 1.54) is 38.5 Å². The summed E-state index contributed by atoms with van der Waals surface area (Å²) >= 11 is 6.41. The minimum atomic E-state index is -0.123. The fourth-order valence-electron chi connectivity index (χ4n) is 5.30. The first-order valence-electron chi connectivity index (χ1n) is 10.3. The van der Waals surface area contributed by atoms with Crippen LogP contribution in [0.5, 0.6) is 5.75 Å². The number of hydrogen-bond acceptors (Lipinski definition) is 3. The van der Waals surface area contributed by atoms with E-state index in [-0.39, 0.29) is 11.7 Å². The molecule has 5 heteroatoms. The molecule has 2 aromatic rings. The second kappa shape index (κ2) is 6.52. The van der Waals surface area contributed by atoms with Gasteiger partial charge in [0.2, 0.25) is 0 Å². The molecule has 144 valence electrons. The van der Waals surface area contributed by atoms with Crippen LogP contribution in [0.3, 0.4) is 0 Å². The molecule has 3 saturated carbocycles. The van der Waals surface area contributed by atoms with Crippen molar-refractivity contribution in [3.63, 3.8) is 0 Å². The fourth-order valence-corrected chi connectivity index (χ4v) is 5.51. The van der Waals surface area contributed by atoms with Crippen LogP contribution < -0.4 is 16.0 Å². The molecule has 0 aliphatic heterocycles. The van der Waals surface area contributed by atoms with Gasteiger partial charge in [-0.1, -0.05) is 11.6 Å². The van der Waals surface area contributed by atoms with Gasteiger partial charge in [0, 0.05) is 17.6 Å². The van der Waals surface area contributed by atoms with Crippen molar-refractivity contribution in [1.29, 1.82) is 0 Å². The topological polar surface area (TPSA) is 68.1 Å². The Morgan fingerprint density at radius 1 is 1.15 bits per heavy atom. The zero-order chi connectivity index (χ0) is 18.6. The van der Waals surface area contributed by atoms with Gasteiger partial charge >= 0.3 is 0 Å². The van der Waals surface area contributed by atoms with Crippen LogP contribution in [0, 0.1) is 17.3 Å². The molecule has 27 heavy (non-hydrogen) atoms. The van der Waals surface area contributed by atoms with Crippen LogP contribution in [0.2, 0.25) is 5.02 Å². The number of H-pyrrole nitrogens is 1. The Morgan fingerprint density at radius 2 is 1.89 bits per heavy atom. The highest BCUT2D eigenvalue weighted by atomic mass is 35.5. The van der Waals surface area contributed by atoms with Crippen LogP contribution in [-0.4, -0.2) is 17.1 Å². The van der Waals surface area contributed by atoms with Crippen molar-refractivity contribution < 1.29 is 4.74 Å². The van der Waals surface area contributed by atoms with Gasteiger partial charge in [0.1, 0.15) is 5.75 Å². The van der Waals surface area contributed by atoms with Gasteiger partial charge in [0.25, 0.3) is 5.56 Å². The summed E-state index contributed by atoms with van der Waals surface area (Å²) in [7, 11) is 0. The summed E-state index contributed by atoms with van der Waals surface area (Å²) in [6, 6.07) is 5.87. The summed E-state index contributed by atoms with van der Waals surface area (Å²) in [5.74, 6) is 2.28. The Kier molecular flexibility index (Phi) is 4.25. The molecule has 0 amide bonds. The quantitative estimate of drug-likeness (QED) is 0.786. The number of nitrogens with one attached hydrogen (secondary N) is 1.